The van der Waals surface area contributed by atoms with Crippen molar-refractivity contribution < 1.29 is 10.2 Å². The second-order valence-electron chi connectivity index (χ2n) is 4.33. The topological polar surface area (TPSA) is 64.5 Å². The number of rotatable bonds is 4. The summed E-state index contributed by atoms with van der Waals surface area (Å²) in [4.78, 5) is 0. The first-order chi connectivity index (χ1) is 8.16. The molecule has 1 aliphatic heterocycles. The van der Waals surface area contributed by atoms with Crippen LogP contribution in [0.15, 0.2) is 28.7 Å². The quantitative estimate of drug-likeness (QED) is 0.643. The molecule has 0 saturated carbocycles. The largest absolute Gasteiger partial charge is 0.389 e. The summed E-state index contributed by atoms with van der Waals surface area (Å²) in [7, 11) is 0. The minimum absolute atomic E-state index is 0.0721. The molecule has 1 heterocycles. The monoisotopic (exact) mass is 300 g/mol. The molecule has 4 nitrogen and oxygen atoms in total. The van der Waals surface area contributed by atoms with Crippen molar-refractivity contribution in [3.05, 3.63) is 34.3 Å². The molecule has 17 heavy (non-hydrogen) atoms. The van der Waals surface area contributed by atoms with E-state index in [0.717, 1.165) is 11.0 Å². The normalized spacial score (nSPS) is 28.5. The number of hydrogen-bond acceptors (Lipinski definition) is 4. The average Bonchev–Trinajstić information content (AvgIpc) is 2.61. The first kappa shape index (κ1) is 13.0. The number of halogens is 1. The Bertz CT molecular complexity index is 375. The van der Waals surface area contributed by atoms with Gasteiger partial charge in [-0.1, -0.05) is 28.1 Å². The first-order valence-corrected chi connectivity index (χ1v) is 6.51. The van der Waals surface area contributed by atoms with Gasteiger partial charge >= 0.3 is 0 Å². The highest BCUT2D eigenvalue weighted by atomic mass is 79.9. The minimum atomic E-state index is -0.676. The summed E-state index contributed by atoms with van der Waals surface area (Å²) < 4.78 is 1.06. The molecule has 1 aromatic carbocycles. The smallest absolute Gasteiger partial charge is 0.0976 e. The lowest BCUT2D eigenvalue weighted by molar-refractivity contribution is 0.0407. The fraction of sp³-hybridized carbons (Fsp3) is 0.500. The van der Waals surface area contributed by atoms with E-state index in [1.165, 1.54) is 5.56 Å². The summed E-state index contributed by atoms with van der Waals surface area (Å²) in [6, 6.07) is 8.01. The van der Waals surface area contributed by atoms with Crippen molar-refractivity contribution >= 4 is 15.9 Å². The molecular formula is C12H17BrN2O2. The Kier molecular flexibility index (Phi) is 4.53. The number of nitrogens with one attached hydrogen (secondary N) is 2. The summed E-state index contributed by atoms with van der Waals surface area (Å²) in [5.41, 5.74) is 1.19. The summed E-state index contributed by atoms with van der Waals surface area (Å²) in [5.74, 6) is 0. The molecule has 0 radical (unpaired) electrons. The first-order valence-electron chi connectivity index (χ1n) is 5.71. The molecule has 1 aromatic rings. The van der Waals surface area contributed by atoms with Crippen LogP contribution in [-0.2, 0) is 6.54 Å². The van der Waals surface area contributed by atoms with E-state index < -0.39 is 12.2 Å². The number of aliphatic hydroxyl groups is 2. The van der Waals surface area contributed by atoms with E-state index in [2.05, 4.69) is 32.6 Å². The van der Waals surface area contributed by atoms with Gasteiger partial charge in [0, 0.05) is 30.1 Å². The maximum atomic E-state index is 9.64. The van der Waals surface area contributed by atoms with Crippen LogP contribution in [0.5, 0.6) is 0 Å². The van der Waals surface area contributed by atoms with Crippen molar-refractivity contribution in [2.75, 3.05) is 13.1 Å². The molecule has 0 bridgehead atoms. The van der Waals surface area contributed by atoms with E-state index in [9.17, 15) is 10.2 Å². The van der Waals surface area contributed by atoms with Crippen molar-refractivity contribution in [3.8, 4) is 0 Å². The van der Waals surface area contributed by atoms with Crippen LogP contribution in [0.4, 0.5) is 0 Å². The fourth-order valence-corrected chi connectivity index (χ4v) is 2.44. The van der Waals surface area contributed by atoms with E-state index in [0.29, 0.717) is 13.1 Å². The summed E-state index contributed by atoms with van der Waals surface area (Å²) in [6.45, 7) is 1.86. The van der Waals surface area contributed by atoms with E-state index in [1.54, 1.807) is 0 Å². The van der Waals surface area contributed by atoms with Gasteiger partial charge in [0.05, 0.1) is 12.2 Å². The van der Waals surface area contributed by atoms with Crippen molar-refractivity contribution in [2.24, 2.45) is 0 Å². The van der Waals surface area contributed by atoms with Crippen molar-refractivity contribution in [3.63, 3.8) is 0 Å². The Morgan fingerprint density at radius 1 is 1.41 bits per heavy atom. The molecule has 4 N–H and O–H groups in total. The van der Waals surface area contributed by atoms with Gasteiger partial charge in [0.2, 0.25) is 0 Å². The predicted molar refractivity (Wildman–Crippen MR) is 69.7 cm³/mol. The number of benzene rings is 1. The lowest BCUT2D eigenvalue weighted by Gasteiger charge is -2.16. The molecule has 2 rings (SSSR count). The van der Waals surface area contributed by atoms with Crippen LogP contribution in [-0.4, -0.2) is 41.6 Å². The highest BCUT2D eigenvalue weighted by Crippen LogP contribution is 2.11. The van der Waals surface area contributed by atoms with Crippen LogP contribution < -0.4 is 10.6 Å². The SMILES string of the molecule is O[C@H]1[C@@H](O)CN[C@@H]1CNCc1cccc(Br)c1. The molecule has 0 amide bonds. The maximum absolute atomic E-state index is 9.64. The maximum Gasteiger partial charge on any atom is 0.0976 e. The number of hydrogen-bond donors (Lipinski definition) is 4. The molecule has 1 saturated heterocycles. The summed E-state index contributed by atoms with van der Waals surface area (Å²) in [6.07, 6.45) is -1.32. The summed E-state index contributed by atoms with van der Waals surface area (Å²) >= 11 is 3.42. The van der Waals surface area contributed by atoms with Crippen LogP contribution in [0.2, 0.25) is 0 Å². The Labute approximate surface area is 109 Å². The third-order valence-electron chi connectivity index (χ3n) is 2.98. The van der Waals surface area contributed by atoms with E-state index in [4.69, 9.17) is 0 Å². The molecule has 5 heteroatoms. The summed E-state index contributed by atoms with van der Waals surface area (Å²) in [5, 5.41) is 25.4. The zero-order valence-corrected chi connectivity index (χ0v) is 11.0. The van der Waals surface area contributed by atoms with Gasteiger partial charge in [0.15, 0.2) is 0 Å². The predicted octanol–water partition coefficient (Wildman–Crippen LogP) is 0.232. The highest BCUT2D eigenvalue weighted by Gasteiger charge is 2.32. The molecule has 94 valence electrons. The Morgan fingerprint density at radius 2 is 2.24 bits per heavy atom. The van der Waals surface area contributed by atoms with Gasteiger partial charge in [-0.05, 0) is 17.7 Å². The van der Waals surface area contributed by atoms with Gasteiger partial charge in [-0.25, -0.2) is 0 Å². The molecule has 0 aliphatic carbocycles. The zero-order valence-electron chi connectivity index (χ0n) is 9.44. The fourth-order valence-electron chi connectivity index (χ4n) is 1.99. The molecule has 3 atom stereocenters. The van der Waals surface area contributed by atoms with Crippen LogP contribution in [0.3, 0.4) is 0 Å². The molecular weight excluding hydrogens is 284 g/mol. The van der Waals surface area contributed by atoms with Crippen molar-refractivity contribution in [2.45, 2.75) is 24.8 Å². The van der Waals surface area contributed by atoms with Crippen molar-refractivity contribution in [1.29, 1.82) is 0 Å². The van der Waals surface area contributed by atoms with Gasteiger partial charge in [-0.3, -0.25) is 0 Å². The van der Waals surface area contributed by atoms with Gasteiger partial charge in [-0.15, -0.1) is 0 Å². The molecule has 0 aromatic heterocycles. The lowest BCUT2D eigenvalue weighted by atomic mass is 10.1. The van der Waals surface area contributed by atoms with Crippen LogP contribution >= 0.6 is 15.9 Å². The molecule has 1 aliphatic rings. The third kappa shape index (κ3) is 3.50. The van der Waals surface area contributed by atoms with E-state index in [1.807, 2.05) is 18.2 Å². The van der Waals surface area contributed by atoms with E-state index >= 15 is 0 Å². The number of β-amino-alcohol motifs (C(OH)–C–C–N with tert-alkyl or cyclic N) is 1. The average molecular weight is 301 g/mol. The van der Waals surface area contributed by atoms with Gasteiger partial charge < -0.3 is 20.8 Å². The van der Waals surface area contributed by atoms with Crippen molar-refractivity contribution in [1.82, 2.24) is 10.6 Å². The molecule has 1 fully saturated rings. The third-order valence-corrected chi connectivity index (χ3v) is 3.47. The molecule has 0 spiro atoms. The molecule has 0 unspecified atom stereocenters. The van der Waals surface area contributed by atoms with Crippen LogP contribution in [0.25, 0.3) is 0 Å². The lowest BCUT2D eigenvalue weighted by Crippen LogP contribution is -2.41. The second kappa shape index (κ2) is 5.93. The Hall–Kier alpha value is -0.460. The zero-order chi connectivity index (χ0) is 12.3. The highest BCUT2D eigenvalue weighted by molar-refractivity contribution is 9.10. The van der Waals surface area contributed by atoms with Crippen LogP contribution in [0.1, 0.15) is 5.56 Å². The van der Waals surface area contributed by atoms with Crippen LogP contribution in [0, 0.1) is 0 Å². The minimum Gasteiger partial charge on any atom is -0.389 e. The standard InChI is InChI=1S/C12H17BrN2O2/c13-9-3-1-2-8(4-9)5-14-6-10-12(17)11(16)7-15-10/h1-4,10-12,14-17H,5-7H2/t10-,11+,12-/m1/s1. The van der Waals surface area contributed by atoms with Gasteiger partial charge in [0.1, 0.15) is 0 Å². The number of aliphatic hydroxyl groups excluding tert-OH is 2. The van der Waals surface area contributed by atoms with Gasteiger partial charge in [0.25, 0.3) is 0 Å². The Balaban J connectivity index is 1.76. The van der Waals surface area contributed by atoms with E-state index in [-0.39, 0.29) is 6.04 Å². The second-order valence-corrected chi connectivity index (χ2v) is 5.25. The van der Waals surface area contributed by atoms with Gasteiger partial charge in [-0.2, -0.15) is 0 Å². The Morgan fingerprint density at radius 3 is 2.88 bits per heavy atom.